The smallest absolute Gasteiger partial charge is 0.193 e. The highest BCUT2D eigenvalue weighted by atomic mass is 35.5. The van der Waals surface area contributed by atoms with E-state index in [-0.39, 0.29) is 0 Å². The number of nitrogens with zero attached hydrogens (tertiary/aromatic N) is 2. The lowest BCUT2D eigenvalue weighted by atomic mass is 10.1. The largest absolute Gasteiger partial charge is 0.448 e. The summed E-state index contributed by atoms with van der Waals surface area (Å²) in [5.41, 5.74) is 1.11. The topological polar surface area (TPSA) is 29.3 Å². The molecule has 0 spiro atoms. The zero-order chi connectivity index (χ0) is 13.0. The normalized spacial score (nSPS) is 12.9. The molecule has 0 aromatic carbocycles. The Bertz CT molecular complexity index is 484. The second-order valence-corrected chi connectivity index (χ2v) is 4.87. The Balaban J connectivity index is 1.90. The molecule has 2 heterocycles. The molecule has 3 nitrogen and oxygen atoms in total. The lowest BCUT2D eigenvalue weighted by Gasteiger charge is -2.23. The van der Waals surface area contributed by atoms with Crippen molar-refractivity contribution in [2.24, 2.45) is 0 Å². The summed E-state index contributed by atoms with van der Waals surface area (Å²) in [4.78, 5) is 6.57. The Morgan fingerprint density at radius 3 is 2.78 bits per heavy atom. The van der Waals surface area contributed by atoms with Crippen molar-refractivity contribution in [3.05, 3.63) is 53.2 Å². The molecular weight excluding hydrogens is 248 g/mol. The summed E-state index contributed by atoms with van der Waals surface area (Å²) in [6.07, 6.45) is 2.75. The van der Waals surface area contributed by atoms with Gasteiger partial charge >= 0.3 is 0 Å². The highest BCUT2D eigenvalue weighted by molar-refractivity contribution is 6.28. The van der Waals surface area contributed by atoms with Crippen molar-refractivity contribution in [1.29, 1.82) is 0 Å². The lowest BCUT2D eigenvalue weighted by Crippen LogP contribution is -2.30. The molecule has 0 saturated heterocycles. The summed E-state index contributed by atoms with van der Waals surface area (Å²) in [6.45, 7) is 2.93. The van der Waals surface area contributed by atoms with Crippen LogP contribution in [-0.2, 0) is 13.0 Å². The Hall–Kier alpha value is -1.32. The van der Waals surface area contributed by atoms with Gasteiger partial charge in [0.2, 0.25) is 0 Å². The van der Waals surface area contributed by atoms with E-state index in [2.05, 4.69) is 23.9 Å². The second-order valence-electron chi connectivity index (χ2n) is 4.50. The van der Waals surface area contributed by atoms with E-state index in [1.807, 2.05) is 30.5 Å². The van der Waals surface area contributed by atoms with Crippen LogP contribution in [0.1, 0.15) is 18.4 Å². The molecule has 96 valence electrons. The van der Waals surface area contributed by atoms with Crippen LogP contribution in [0.5, 0.6) is 0 Å². The molecule has 0 unspecified atom stereocenters. The molecule has 0 radical (unpaired) electrons. The molecular formula is C14H17ClN2O. The van der Waals surface area contributed by atoms with Crippen LogP contribution in [0.4, 0.5) is 0 Å². The minimum Gasteiger partial charge on any atom is -0.448 e. The first kappa shape index (κ1) is 13.1. The van der Waals surface area contributed by atoms with Gasteiger partial charge in [0.25, 0.3) is 0 Å². The molecule has 0 bridgehead atoms. The van der Waals surface area contributed by atoms with Crippen molar-refractivity contribution < 1.29 is 4.42 Å². The predicted octanol–water partition coefficient (Wildman–Crippen LogP) is 3.39. The average Bonchev–Trinajstić information content (AvgIpc) is 2.76. The summed E-state index contributed by atoms with van der Waals surface area (Å²) < 4.78 is 5.36. The summed E-state index contributed by atoms with van der Waals surface area (Å²) in [5, 5.41) is 0.441. The standard InChI is InChI=1S/C14H17ClN2O/c1-11(9-12-5-3-4-8-16-12)17(2)10-13-6-7-14(15)18-13/h3-8,11H,9-10H2,1-2H3/t11-/m1/s1. The quantitative estimate of drug-likeness (QED) is 0.829. The molecule has 2 aromatic rings. The van der Waals surface area contributed by atoms with Gasteiger partial charge in [0, 0.05) is 24.4 Å². The predicted molar refractivity (Wildman–Crippen MR) is 72.6 cm³/mol. The van der Waals surface area contributed by atoms with Crippen LogP contribution in [0, 0.1) is 0 Å². The third-order valence-corrected chi connectivity index (χ3v) is 3.22. The van der Waals surface area contributed by atoms with Crippen LogP contribution in [0.15, 0.2) is 40.9 Å². The summed E-state index contributed by atoms with van der Waals surface area (Å²) in [7, 11) is 2.07. The third-order valence-electron chi connectivity index (χ3n) is 3.02. The van der Waals surface area contributed by atoms with Crippen LogP contribution in [0.3, 0.4) is 0 Å². The van der Waals surface area contributed by atoms with Crippen LogP contribution in [-0.4, -0.2) is 23.0 Å². The molecule has 18 heavy (non-hydrogen) atoms. The zero-order valence-electron chi connectivity index (χ0n) is 10.6. The van der Waals surface area contributed by atoms with Gasteiger partial charge in [-0.1, -0.05) is 6.07 Å². The molecule has 0 aliphatic carbocycles. The van der Waals surface area contributed by atoms with Gasteiger partial charge in [0.1, 0.15) is 5.76 Å². The van der Waals surface area contributed by atoms with E-state index in [1.165, 1.54) is 0 Å². The Morgan fingerprint density at radius 2 is 2.17 bits per heavy atom. The number of hydrogen-bond acceptors (Lipinski definition) is 3. The van der Waals surface area contributed by atoms with Gasteiger partial charge in [-0.05, 0) is 49.8 Å². The molecule has 0 fully saturated rings. The number of halogens is 1. The highest BCUT2D eigenvalue weighted by Crippen LogP contribution is 2.16. The lowest BCUT2D eigenvalue weighted by molar-refractivity contribution is 0.228. The van der Waals surface area contributed by atoms with Gasteiger partial charge in [0.15, 0.2) is 5.22 Å². The fourth-order valence-corrected chi connectivity index (χ4v) is 1.98. The maximum Gasteiger partial charge on any atom is 0.193 e. The molecule has 0 aliphatic rings. The maximum atomic E-state index is 5.76. The van der Waals surface area contributed by atoms with Crippen molar-refractivity contribution in [3.8, 4) is 0 Å². The molecule has 2 aromatic heterocycles. The number of aromatic nitrogens is 1. The summed E-state index contributed by atoms with van der Waals surface area (Å²) in [6, 6.07) is 10.1. The van der Waals surface area contributed by atoms with Crippen molar-refractivity contribution in [2.45, 2.75) is 25.9 Å². The van der Waals surface area contributed by atoms with E-state index in [0.29, 0.717) is 11.3 Å². The second kappa shape index (κ2) is 6.03. The first-order valence-corrected chi connectivity index (χ1v) is 6.37. The molecule has 0 aliphatic heterocycles. The number of likely N-dealkylation sites (N-methyl/N-ethyl adjacent to an activating group) is 1. The van der Waals surface area contributed by atoms with Crippen molar-refractivity contribution >= 4 is 11.6 Å². The van der Waals surface area contributed by atoms with E-state index in [9.17, 15) is 0 Å². The van der Waals surface area contributed by atoms with Crippen LogP contribution in [0.25, 0.3) is 0 Å². The number of furan rings is 1. The van der Waals surface area contributed by atoms with Crippen LogP contribution < -0.4 is 0 Å². The Labute approximate surface area is 112 Å². The van der Waals surface area contributed by atoms with Gasteiger partial charge < -0.3 is 4.42 Å². The SMILES string of the molecule is C[C@H](Cc1ccccn1)N(C)Cc1ccc(Cl)o1. The minimum atomic E-state index is 0.392. The fourth-order valence-electron chi connectivity index (χ4n) is 1.82. The minimum absolute atomic E-state index is 0.392. The third kappa shape index (κ3) is 3.59. The van der Waals surface area contributed by atoms with Crippen LogP contribution in [0.2, 0.25) is 5.22 Å². The zero-order valence-corrected chi connectivity index (χ0v) is 11.4. The van der Waals surface area contributed by atoms with Gasteiger partial charge in [-0.2, -0.15) is 0 Å². The summed E-state index contributed by atoms with van der Waals surface area (Å²) in [5.74, 6) is 0.885. The van der Waals surface area contributed by atoms with E-state index < -0.39 is 0 Å². The number of pyridine rings is 1. The van der Waals surface area contributed by atoms with E-state index in [4.69, 9.17) is 16.0 Å². The molecule has 0 saturated carbocycles. The monoisotopic (exact) mass is 264 g/mol. The van der Waals surface area contributed by atoms with E-state index in [1.54, 1.807) is 6.07 Å². The Kier molecular flexibility index (Phi) is 4.39. The molecule has 0 N–H and O–H groups in total. The highest BCUT2D eigenvalue weighted by Gasteiger charge is 2.12. The first-order chi connectivity index (χ1) is 8.65. The number of hydrogen-bond donors (Lipinski definition) is 0. The summed E-state index contributed by atoms with van der Waals surface area (Å²) >= 11 is 5.76. The molecule has 0 amide bonds. The molecule has 2 rings (SSSR count). The van der Waals surface area contributed by atoms with Crippen LogP contribution >= 0.6 is 11.6 Å². The maximum absolute atomic E-state index is 5.76. The first-order valence-electron chi connectivity index (χ1n) is 5.99. The van der Waals surface area contributed by atoms with Crippen molar-refractivity contribution in [1.82, 2.24) is 9.88 Å². The fraction of sp³-hybridized carbons (Fsp3) is 0.357. The van der Waals surface area contributed by atoms with Gasteiger partial charge in [-0.25, -0.2) is 0 Å². The Morgan fingerprint density at radius 1 is 1.33 bits per heavy atom. The number of rotatable bonds is 5. The van der Waals surface area contributed by atoms with Gasteiger partial charge in [-0.3, -0.25) is 9.88 Å². The van der Waals surface area contributed by atoms with Gasteiger partial charge in [-0.15, -0.1) is 0 Å². The molecule has 1 atom stereocenters. The molecule has 4 heteroatoms. The van der Waals surface area contributed by atoms with Gasteiger partial charge in [0.05, 0.1) is 6.54 Å². The van der Waals surface area contributed by atoms with E-state index in [0.717, 1.165) is 24.4 Å². The average molecular weight is 265 g/mol. The van der Waals surface area contributed by atoms with E-state index >= 15 is 0 Å². The van der Waals surface area contributed by atoms with Crippen molar-refractivity contribution in [3.63, 3.8) is 0 Å². The van der Waals surface area contributed by atoms with Crippen molar-refractivity contribution in [2.75, 3.05) is 7.05 Å².